The highest BCUT2D eigenvalue weighted by Crippen LogP contribution is 2.26. The van der Waals surface area contributed by atoms with Gasteiger partial charge in [-0.05, 0) is 32.1 Å². The van der Waals surface area contributed by atoms with Gasteiger partial charge in [0.25, 0.3) is 0 Å². The fourth-order valence-corrected chi connectivity index (χ4v) is 2.38. The summed E-state index contributed by atoms with van der Waals surface area (Å²) in [5.74, 6) is 0.0663. The summed E-state index contributed by atoms with van der Waals surface area (Å²) in [5, 5.41) is 2.71. The number of esters is 1. The monoisotopic (exact) mass is 267 g/mol. The van der Waals surface area contributed by atoms with Crippen LogP contribution in [0.1, 0.15) is 51.9 Å². The Balaban J connectivity index is 2.22. The molecule has 0 spiro atoms. The van der Waals surface area contributed by atoms with Crippen LogP contribution in [0, 0.1) is 5.92 Å². The maximum absolute atomic E-state index is 11.8. The van der Waals surface area contributed by atoms with Gasteiger partial charge >= 0.3 is 5.97 Å². The van der Waals surface area contributed by atoms with Gasteiger partial charge in [-0.3, -0.25) is 4.79 Å². The highest BCUT2D eigenvalue weighted by molar-refractivity contribution is 5.84. The lowest BCUT2D eigenvalue weighted by Crippen LogP contribution is -2.40. The van der Waals surface area contributed by atoms with E-state index in [0.29, 0.717) is 25.4 Å². The number of ether oxygens (including phenoxy) is 1. The minimum atomic E-state index is -0.569. The Labute approximate surface area is 115 Å². The normalized spacial score (nSPS) is 17.5. The molecule has 0 radical (unpaired) electrons. The second-order valence-corrected chi connectivity index (χ2v) is 5.24. The summed E-state index contributed by atoms with van der Waals surface area (Å²) in [4.78, 5) is 23.4. The maximum Gasteiger partial charge on any atom is 0.328 e. The molecule has 0 aromatic heterocycles. The van der Waals surface area contributed by atoms with Crippen LogP contribution >= 0.6 is 0 Å². The molecule has 1 atom stereocenters. The number of rotatable bonds is 7. The highest BCUT2D eigenvalue weighted by Gasteiger charge is 2.20. The molecule has 1 rings (SSSR count). The van der Waals surface area contributed by atoms with E-state index in [1.165, 1.54) is 19.3 Å². The lowest BCUT2D eigenvalue weighted by Gasteiger charge is -2.21. The Hall–Kier alpha value is -1.32. The smallest absolute Gasteiger partial charge is 0.328 e. The van der Waals surface area contributed by atoms with Gasteiger partial charge < -0.3 is 10.1 Å². The van der Waals surface area contributed by atoms with Crippen molar-refractivity contribution in [3.8, 4) is 0 Å². The molecule has 1 N–H and O–H groups in total. The van der Waals surface area contributed by atoms with Gasteiger partial charge in [-0.1, -0.05) is 25.3 Å². The number of carbonyl (C=O) groups excluding carboxylic acids is 2. The van der Waals surface area contributed by atoms with Crippen LogP contribution in [0.25, 0.3) is 0 Å². The lowest BCUT2D eigenvalue weighted by atomic mass is 9.87. The molecule has 0 bridgehead atoms. The molecule has 0 aliphatic heterocycles. The van der Waals surface area contributed by atoms with Gasteiger partial charge in [-0.25, -0.2) is 4.79 Å². The standard InChI is InChI=1S/C15H25NO3/c1-3-4-10-19-15(18)12(2)16-14(17)11-13-8-6-5-7-9-13/h3,12-13H,1,4-11H2,2H3,(H,16,17)/t12-/m0/s1. The predicted octanol–water partition coefficient (Wildman–Crippen LogP) is 2.58. The summed E-state index contributed by atoms with van der Waals surface area (Å²) in [5.41, 5.74) is 0. The molecule has 1 fully saturated rings. The first kappa shape index (κ1) is 15.7. The molecule has 4 heteroatoms. The van der Waals surface area contributed by atoms with Gasteiger partial charge in [-0.2, -0.15) is 0 Å². The van der Waals surface area contributed by atoms with E-state index in [0.717, 1.165) is 12.8 Å². The van der Waals surface area contributed by atoms with Crippen molar-refractivity contribution in [3.63, 3.8) is 0 Å². The van der Waals surface area contributed by atoms with Crippen molar-refractivity contribution in [1.29, 1.82) is 0 Å². The van der Waals surface area contributed by atoms with E-state index >= 15 is 0 Å². The van der Waals surface area contributed by atoms with E-state index in [9.17, 15) is 9.59 Å². The fraction of sp³-hybridized carbons (Fsp3) is 0.733. The minimum absolute atomic E-state index is 0.0416. The van der Waals surface area contributed by atoms with Crippen molar-refractivity contribution >= 4 is 11.9 Å². The first-order chi connectivity index (χ1) is 9.13. The van der Waals surface area contributed by atoms with E-state index in [4.69, 9.17) is 4.74 Å². The van der Waals surface area contributed by atoms with Crippen molar-refractivity contribution in [2.45, 2.75) is 57.9 Å². The Morgan fingerprint density at radius 1 is 1.37 bits per heavy atom. The third-order valence-electron chi connectivity index (χ3n) is 3.50. The fourth-order valence-electron chi connectivity index (χ4n) is 2.38. The van der Waals surface area contributed by atoms with Gasteiger partial charge in [0.15, 0.2) is 0 Å². The van der Waals surface area contributed by atoms with Crippen molar-refractivity contribution in [2.24, 2.45) is 5.92 Å². The zero-order chi connectivity index (χ0) is 14.1. The molecular formula is C15H25NO3. The van der Waals surface area contributed by atoms with E-state index in [2.05, 4.69) is 11.9 Å². The van der Waals surface area contributed by atoms with E-state index in [-0.39, 0.29) is 11.9 Å². The number of carbonyl (C=O) groups is 2. The zero-order valence-corrected chi connectivity index (χ0v) is 11.8. The van der Waals surface area contributed by atoms with Crippen LogP contribution < -0.4 is 5.32 Å². The van der Waals surface area contributed by atoms with Crippen molar-refractivity contribution in [1.82, 2.24) is 5.32 Å². The number of amides is 1. The molecule has 0 unspecified atom stereocenters. The van der Waals surface area contributed by atoms with E-state index in [1.54, 1.807) is 13.0 Å². The van der Waals surface area contributed by atoms with E-state index < -0.39 is 6.04 Å². The van der Waals surface area contributed by atoms with Crippen LogP contribution in [0.15, 0.2) is 12.7 Å². The molecular weight excluding hydrogens is 242 g/mol. The molecule has 19 heavy (non-hydrogen) atoms. The van der Waals surface area contributed by atoms with Gasteiger partial charge in [0.1, 0.15) is 6.04 Å². The van der Waals surface area contributed by atoms with Crippen LogP contribution in [-0.2, 0) is 14.3 Å². The average Bonchev–Trinajstić information content (AvgIpc) is 2.39. The highest BCUT2D eigenvalue weighted by atomic mass is 16.5. The molecule has 1 amide bonds. The molecule has 108 valence electrons. The summed E-state index contributed by atoms with van der Waals surface area (Å²) in [7, 11) is 0. The summed E-state index contributed by atoms with van der Waals surface area (Å²) in [6.45, 7) is 5.54. The van der Waals surface area contributed by atoms with Gasteiger partial charge in [0, 0.05) is 6.42 Å². The second kappa shape index (κ2) is 8.73. The molecule has 0 aromatic carbocycles. The zero-order valence-electron chi connectivity index (χ0n) is 11.8. The van der Waals surface area contributed by atoms with Crippen molar-refractivity contribution < 1.29 is 14.3 Å². The van der Waals surface area contributed by atoms with Gasteiger partial charge in [-0.15, -0.1) is 6.58 Å². The van der Waals surface area contributed by atoms with Gasteiger partial charge in [0.05, 0.1) is 6.61 Å². The number of hydrogen-bond donors (Lipinski definition) is 1. The average molecular weight is 267 g/mol. The lowest BCUT2D eigenvalue weighted by molar-refractivity contribution is -0.147. The summed E-state index contributed by atoms with van der Waals surface area (Å²) in [6.07, 6.45) is 8.84. The van der Waals surface area contributed by atoms with Crippen LogP contribution in [0.3, 0.4) is 0 Å². The first-order valence-corrected chi connectivity index (χ1v) is 7.20. The summed E-state index contributed by atoms with van der Waals surface area (Å²) >= 11 is 0. The van der Waals surface area contributed by atoms with Crippen LogP contribution in [0.5, 0.6) is 0 Å². The quantitative estimate of drug-likeness (QED) is 0.438. The Kier molecular flexibility index (Phi) is 7.23. The molecule has 0 heterocycles. The molecule has 0 aromatic rings. The molecule has 1 saturated carbocycles. The second-order valence-electron chi connectivity index (χ2n) is 5.24. The SMILES string of the molecule is C=CCCOC(=O)[C@H](C)NC(=O)CC1CCCCC1. The van der Waals surface area contributed by atoms with Crippen LogP contribution in [0.4, 0.5) is 0 Å². The number of hydrogen-bond acceptors (Lipinski definition) is 3. The topological polar surface area (TPSA) is 55.4 Å². The van der Waals surface area contributed by atoms with Crippen LogP contribution in [-0.4, -0.2) is 24.5 Å². The summed E-state index contributed by atoms with van der Waals surface area (Å²) < 4.78 is 5.01. The maximum atomic E-state index is 11.8. The Morgan fingerprint density at radius 2 is 2.05 bits per heavy atom. The van der Waals surface area contributed by atoms with E-state index in [1.807, 2.05) is 0 Å². The Morgan fingerprint density at radius 3 is 2.68 bits per heavy atom. The first-order valence-electron chi connectivity index (χ1n) is 7.20. The molecule has 1 aliphatic carbocycles. The third kappa shape index (κ3) is 6.41. The van der Waals surface area contributed by atoms with Crippen LogP contribution in [0.2, 0.25) is 0 Å². The molecule has 1 aliphatic rings. The molecule has 4 nitrogen and oxygen atoms in total. The largest absolute Gasteiger partial charge is 0.464 e. The minimum Gasteiger partial charge on any atom is -0.464 e. The predicted molar refractivity (Wildman–Crippen MR) is 74.6 cm³/mol. The summed E-state index contributed by atoms with van der Waals surface area (Å²) in [6, 6.07) is -0.569. The van der Waals surface area contributed by atoms with Crippen molar-refractivity contribution in [3.05, 3.63) is 12.7 Å². The molecule has 0 saturated heterocycles. The Bertz CT molecular complexity index is 309. The number of nitrogens with one attached hydrogen (secondary N) is 1. The third-order valence-corrected chi connectivity index (χ3v) is 3.50. The van der Waals surface area contributed by atoms with Crippen molar-refractivity contribution in [2.75, 3.05) is 6.61 Å². The van der Waals surface area contributed by atoms with Gasteiger partial charge in [0.2, 0.25) is 5.91 Å².